The van der Waals surface area contributed by atoms with Gasteiger partial charge >= 0.3 is 0 Å². The molecule has 266 valence electrons. The Kier molecular flexibility index (Phi) is 12.1. The first kappa shape index (κ1) is 36.4. The SMILES string of the molecule is CNCC(=O)NC(C(=O)N1CC(OC2=CC=C(C)C(F)C=C2)CC1CN(CCc1ccc(F)cc1)C(=O)c1cn2ccccc2n1)C(C)OC. The molecule has 0 bridgehead atoms. The molecule has 0 spiro atoms. The summed E-state index contributed by atoms with van der Waals surface area (Å²) < 4.78 is 41.6. The molecule has 0 saturated carbocycles. The Morgan fingerprint density at radius 3 is 2.64 bits per heavy atom. The van der Waals surface area contributed by atoms with Gasteiger partial charge in [-0.15, -0.1) is 0 Å². The van der Waals surface area contributed by atoms with Gasteiger partial charge in [-0.25, -0.2) is 13.8 Å². The van der Waals surface area contributed by atoms with Crippen LogP contribution < -0.4 is 10.6 Å². The van der Waals surface area contributed by atoms with E-state index >= 15 is 0 Å². The van der Waals surface area contributed by atoms with Crippen LogP contribution in [0.5, 0.6) is 0 Å². The molecule has 1 aliphatic heterocycles. The predicted molar refractivity (Wildman–Crippen MR) is 184 cm³/mol. The summed E-state index contributed by atoms with van der Waals surface area (Å²) >= 11 is 0. The fourth-order valence-electron chi connectivity index (χ4n) is 6.09. The maximum Gasteiger partial charge on any atom is 0.274 e. The molecule has 50 heavy (non-hydrogen) atoms. The first-order chi connectivity index (χ1) is 24.1. The molecule has 2 aliphatic rings. The van der Waals surface area contributed by atoms with E-state index in [2.05, 4.69) is 15.6 Å². The van der Waals surface area contributed by atoms with Gasteiger partial charge < -0.3 is 34.3 Å². The molecule has 1 aliphatic carbocycles. The van der Waals surface area contributed by atoms with Crippen LogP contribution >= 0.6 is 0 Å². The van der Waals surface area contributed by atoms with Crippen molar-refractivity contribution in [1.29, 1.82) is 0 Å². The van der Waals surface area contributed by atoms with Crippen molar-refractivity contribution in [2.24, 2.45) is 0 Å². The third-order valence-corrected chi connectivity index (χ3v) is 8.98. The average Bonchev–Trinajstić information content (AvgIpc) is 3.69. The van der Waals surface area contributed by atoms with Gasteiger partial charge in [0, 0.05) is 39.0 Å². The van der Waals surface area contributed by atoms with Gasteiger partial charge in [-0.3, -0.25) is 14.4 Å². The van der Waals surface area contributed by atoms with Crippen molar-refractivity contribution >= 4 is 23.4 Å². The Hall–Kier alpha value is -4.88. The van der Waals surface area contributed by atoms with E-state index in [1.807, 2.05) is 12.1 Å². The molecule has 11 nitrogen and oxygen atoms in total. The molecule has 13 heteroatoms. The predicted octanol–water partition coefficient (Wildman–Crippen LogP) is 3.62. The molecule has 3 amide bonds. The van der Waals surface area contributed by atoms with Crippen LogP contribution in [0.4, 0.5) is 8.78 Å². The number of allylic oxidation sites excluding steroid dienone is 5. The average molecular weight is 691 g/mol. The van der Waals surface area contributed by atoms with Crippen molar-refractivity contribution in [2.75, 3.05) is 40.3 Å². The van der Waals surface area contributed by atoms with Crippen LogP contribution in [-0.2, 0) is 25.5 Å². The Bertz CT molecular complexity index is 1720. The number of likely N-dealkylation sites (tertiary alicyclic amines) is 1. The Morgan fingerprint density at radius 1 is 1.14 bits per heavy atom. The molecular weight excluding hydrogens is 646 g/mol. The minimum absolute atomic E-state index is 0.00302. The van der Waals surface area contributed by atoms with Gasteiger partial charge in [-0.1, -0.05) is 24.3 Å². The molecule has 0 radical (unpaired) electrons. The largest absolute Gasteiger partial charge is 0.489 e. The van der Waals surface area contributed by atoms with Crippen LogP contribution in [-0.4, -0.2) is 108 Å². The first-order valence-corrected chi connectivity index (χ1v) is 16.7. The maximum absolute atomic E-state index is 14.3. The van der Waals surface area contributed by atoms with Crippen molar-refractivity contribution in [1.82, 2.24) is 29.8 Å². The quantitative estimate of drug-likeness (QED) is 0.266. The lowest BCUT2D eigenvalue weighted by molar-refractivity contribution is -0.141. The van der Waals surface area contributed by atoms with E-state index in [1.165, 1.54) is 25.3 Å². The Morgan fingerprint density at radius 2 is 1.92 bits per heavy atom. The van der Waals surface area contributed by atoms with Crippen molar-refractivity contribution in [3.8, 4) is 0 Å². The van der Waals surface area contributed by atoms with Crippen LogP contribution in [0.3, 0.4) is 0 Å². The van der Waals surface area contributed by atoms with E-state index in [-0.39, 0.29) is 55.4 Å². The highest BCUT2D eigenvalue weighted by molar-refractivity contribution is 5.93. The summed E-state index contributed by atoms with van der Waals surface area (Å²) in [6.07, 6.45) is 8.19. The van der Waals surface area contributed by atoms with Gasteiger partial charge in [0.2, 0.25) is 11.8 Å². The number of alkyl halides is 1. The number of rotatable bonds is 14. The molecule has 2 aromatic heterocycles. The number of nitrogens with one attached hydrogen (secondary N) is 2. The zero-order valence-electron chi connectivity index (χ0n) is 28.7. The van der Waals surface area contributed by atoms with Gasteiger partial charge in [0.1, 0.15) is 41.2 Å². The summed E-state index contributed by atoms with van der Waals surface area (Å²) in [6.45, 7) is 3.93. The zero-order chi connectivity index (χ0) is 35.8. The first-order valence-electron chi connectivity index (χ1n) is 16.7. The molecule has 2 N–H and O–H groups in total. The summed E-state index contributed by atoms with van der Waals surface area (Å²) in [5, 5.41) is 5.58. The highest BCUT2D eigenvalue weighted by Crippen LogP contribution is 2.27. The zero-order valence-corrected chi connectivity index (χ0v) is 28.7. The van der Waals surface area contributed by atoms with Crippen LogP contribution in [0.15, 0.2) is 90.5 Å². The summed E-state index contributed by atoms with van der Waals surface area (Å²) in [5.41, 5.74) is 2.22. The summed E-state index contributed by atoms with van der Waals surface area (Å²) in [6, 6.07) is 10.0. The summed E-state index contributed by atoms with van der Waals surface area (Å²) in [4.78, 5) is 49.0. The maximum atomic E-state index is 14.3. The number of methoxy groups -OCH3 is 1. The highest BCUT2D eigenvalue weighted by atomic mass is 19.1. The molecule has 5 unspecified atom stereocenters. The normalized spacial score (nSPS) is 20.1. The van der Waals surface area contributed by atoms with Crippen LogP contribution in [0.2, 0.25) is 0 Å². The number of carbonyl (C=O) groups is 3. The number of imidazole rings is 1. The fraction of sp³-hybridized carbons (Fsp3) is 0.405. The fourth-order valence-corrected chi connectivity index (χ4v) is 6.09. The van der Waals surface area contributed by atoms with Crippen molar-refractivity contribution in [3.05, 3.63) is 108 Å². The number of carbonyl (C=O) groups excluding carboxylic acids is 3. The number of benzene rings is 1. The van der Waals surface area contributed by atoms with Crippen LogP contribution in [0.1, 0.15) is 36.3 Å². The molecule has 3 aromatic rings. The number of amides is 3. The van der Waals surface area contributed by atoms with E-state index in [4.69, 9.17) is 9.47 Å². The van der Waals surface area contributed by atoms with Crippen LogP contribution in [0.25, 0.3) is 5.65 Å². The van der Waals surface area contributed by atoms with Gasteiger partial charge in [-0.05, 0) is 80.9 Å². The van der Waals surface area contributed by atoms with Gasteiger partial charge in [0.25, 0.3) is 5.91 Å². The smallest absolute Gasteiger partial charge is 0.274 e. The number of aromatic nitrogens is 2. The number of fused-ring (bicyclic) bond motifs is 1. The number of nitrogens with zero attached hydrogens (tertiary/aromatic N) is 4. The molecule has 3 heterocycles. The second-order valence-corrected chi connectivity index (χ2v) is 12.6. The molecule has 1 fully saturated rings. The van der Waals surface area contributed by atoms with E-state index in [9.17, 15) is 23.2 Å². The van der Waals surface area contributed by atoms with Gasteiger partial charge in [-0.2, -0.15) is 0 Å². The summed E-state index contributed by atoms with van der Waals surface area (Å²) in [7, 11) is 3.10. The van der Waals surface area contributed by atoms with Gasteiger partial charge in [0.15, 0.2) is 0 Å². The van der Waals surface area contributed by atoms with E-state index < -0.39 is 30.5 Å². The Labute approximate surface area is 290 Å². The number of ether oxygens (including phenoxy) is 2. The lowest BCUT2D eigenvalue weighted by atomic mass is 10.1. The van der Waals surface area contributed by atoms with Crippen molar-refractivity contribution < 1.29 is 32.6 Å². The Balaban J connectivity index is 1.45. The highest BCUT2D eigenvalue weighted by Gasteiger charge is 2.42. The molecule has 5 rings (SSSR count). The lowest BCUT2D eigenvalue weighted by Gasteiger charge is -2.34. The number of hydrogen-bond donors (Lipinski definition) is 2. The summed E-state index contributed by atoms with van der Waals surface area (Å²) in [5.74, 6) is -1.01. The van der Waals surface area contributed by atoms with E-state index in [1.54, 1.807) is 83.9 Å². The van der Waals surface area contributed by atoms with Crippen molar-refractivity contribution in [3.63, 3.8) is 0 Å². The monoisotopic (exact) mass is 690 g/mol. The molecule has 1 saturated heterocycles. The molecule has 1 aromatic carbocycles. The third-order valence-electron chi connectivity index (χ3n) is 8.98. The standard InChI is InChI=1S/C37H44F2N6O5/c1-24-8-13-29(14-15-31(24)39)50-30-19-28(45(22-30)37(48)35(25(2)49-4)42-34(46)20-40-3)21-44(18-16-26-9-11-27(38)12-10-26)36(47)32-23-43-17-6-5-7-33(43)41-32/h5-15,17,23,25,28,30-31,35,40H,16,18-22H2,1-4H3,(H,42,46). The van der Waals surface area contributed by atoms with Crippen LogP contribution in [0, 0.1) is 5.82 Å². The van der Waals surface area contributed by atoms with Crippen molar-refractivity contribution in [2.45, 2.75) is 57.2 Å². The minimum atomic E-state index is -1.24. The minimum Gasteiger partial charge on any atom is -0.489 e. The number of pyridine rings is 1. The second-order valence-electron chi connectivity index (χ2n) is 12.6. The topological polar surface area (TPSA) is 118 Å². The number of halogens is 2. The van der Waals surface area contributed by atoms with E-state index in [0.29, 0.717) is 29.8 Å². The number of hydrogen-bond acceptors (Lipinski definition) is 7. The lowest BCUT2D eigenvalue weighted by Crippen LogP contribution is -2.57. The second kappa shape index (κ2) is 16.7. The van der Waals surface area contributed by atoms with E-state index in [0.717, 1.165) is 5.56 Å². The molecule has 5 atom stereocenters. The molecular formula is C37H44F2N6O5. The number of likely N-dealkylation sites (N-methyl/N-ethyl adjacent to an activating group) is 1. The van der Waals surface area contributed by atoms with Gasteiger partial charge in [0.05, 0.1) is 25.2 Å². The third kappa shape index (κ3) is 9.01.